The van der Waals surface area contributed by atoms with Gasteiger partial charge in [-0.25, -0.2) is 17.2 Å². The van der Waals surface area contributed by atoms with E-state index in [4.69, 9.17) is 11.6 Å². The standard InChI is InChI=1S/C15H11ClF2N2O5S/c1-9(15(16)21)19(14-6-5-10(17)7-13(14)18)26(24,25)12-4-2-3-11(8-12)20(22)23/h2-9H,1H3. The second-order valence-electron chi connectivity index (χ2n) is 5.13. The molecule has 0 aliphatic heterocycles. The Morgan fingerprint density at radius 2 is 1.88 bits per heavy atom. The number of carbonyl (C=O) groups is 1. The number of benzene rings is 2. The van der Waals surface area contributed by atoms with Gasteiger partial charge in [0, 0.05) is 18.2 Å². The first-order valence-corrected chi connectivity index (χ1v) is 8.81. The van der Waals surface area contributed by atoms with E-state index in [1.807, 2.05) is 0 Å². The fraction of sp³-hybridized carbons (Fsp3) is 0.133. The number of nitro benzene ring substituents is 1. The van der Waals surface area contributed by atoms with Gasteiger partial charge < -0.3 is 0 Å². The van der Waals surface area contributed by atoms with Crippen molar-refractivity contribution in [3.05, 3.63) is 64.2 Å². The van der Waals surface area contributed by atoms with Crippen LogP contribution in [0.4, 0.5) is 20.2 Å². The lowest BCUT2D eigenvalue weighted by Gasteiger charge is -2.28. The first-order valence-electron chi connectivity index (χ1n) is 6.99. The van der Waals surface area contributed by atoms with Crippen molar-refractivity contribution in [2.45, 2.75) is 17.9 Å². The molecule has 7 nitrogen and oxygen atoms in total. The third-order valence-electron chi connectivity index (χ3n) is 3.41. The average Bonchev–Trinajstić information content (AvgIpc) is 2.56. The predicted molar refractivity (Wildman–Crippen MR) is 89.4 cm³/mol. The molecule has 11 heteroatoms. The average molecular weight is 405 g/mol. The lowest BCUT2D eigenvalue weighted by molar-refractivity contribution is -0.385. The number of rotatable bonds is 6. The largest absolute Gasteiger partial charge is 0.279 e. The molecule has 0 fully saturated rings. The number of sulfonamides is 1. The van der Waals surface area contributed by atoms with Gasteiger partial charge in [-0.05, 0) is 36.7 Å². The van der Waals surface area contributed by atoms with Crippen LogP contribution in [-0.4, -0.2) is 24.6 Å². The van der Waals surface area contributed by atoms with Crippen molar-refractivity contribution in [3.8, 4) is 0 Å². The summed E-state index contributed by atoms with van der Waals surface area (Å²) in [6.07, 6.45) is 0. The number of non-ortho nitro benzene ring substituents is 1. The lowest BCUT2D eigenvalue weighted by Crippen LogP contribution is -2.42. The molecule has 0 saturated carbocycles. The quantitative estimate of drug-likeness (QED) is 0.418. The van der Waals surface area contributed by atoms with Gasteiger partial charge in [-0.2, -0.15) is 0 Å². The lowest BCUT2D eigenvalue weighted by atomic mass is 10.2. The van der Waals surface area contributed by atoms with Crippen LogP contribution in [0.5, 0.6) is 0 Å². The Hall–Kier alpha value is -2.59. The number of nitrogens with zero attached hydrogens (tertiary/aromatic N) is 2. The number of nitro groups is 1. The molecule has 0 saturated heterocycles. The van der Waals surface area contributed by atoms with E-state index in [9.17, 15) is 32.1 Å². The number of anilines is 1. The highest BCUT2D eigenvalue weighted by Gasteiger charge is 2.35. The summed E-state index contributed by atoms with van der Waals surface area (Å²) < 4.78 is 53.5. The molecule has 2 aromatic rings. The summed E-state index contributed by atoms with van der Waals surface area (Å²) in [6.45, 7) is 1.10. The van der Waals surface area contributed by atoms with Gasteiger partial charge in [0.15, 0.2) is 0 Å². The topological polar surface area (TPSA) is 97.6 Å². The minimum atomic E-state index is -4.63. The van der Waals surface area contributed by atoms with Crippen molar-refractivity contribution in [2.75, 3.05) is 4.31 Å². The van der Waals surface area contributed by atoms with Gasteiger partial charge in [0.2, 0.25) is 5.24 Å². The molecule has 0 aliphatic rings. The molecule has 0 bridgehead atoms. The summed E-state index contributed by atoms with van der Waals surface area (Å²) in [5.41, 5.74) is -1.14. The summed E-state index contributed by atoms with van der Waals surface area (Å²) in [6, 6.07) is 4.51. The van der Waals surface area contributed by atoms with E-state index < -0.39 is 54.1 Å². The zero-order chi connectivity index (χ0) is 19.6. The Bertz CT molecular complexity index is 984. The van der Waals surface area contributed by atoms with E-state index in [1.165, 1.54) is 0 Å². The molecule has 2 rings (SSSR count). The molecule has 0 spiro atoms. The van der Waals surface area contributed by atoms with Crippen LogP contribution >= 0.6 is 11.6 Å². The number of hydrogen-bond acceptors (Lipinski definition) is 5. The molecular formula is C15H11ClF2N2O5S. The van der Waals surface area contributed by atoms with Crippen LogP contribution in [0.15, 0.2) is 47.4 Å². The number of carbonyl (C=O) groups excluding carboxylic acids is 1. The van der Waals surface area contributed by atoms with Gasteiger partial charge in [0.25, 0.3) is 15.7 Å². The Morgan fingerprint density at radius 1 is 1.23 bits per heavy atom. The molecular weight excluding hydrogens is 394 g/mol. The number of halogens is 3. The predicted octanol–water partition coefficient (Wildman–Crippen LogP) is 3.22. The maximum atomic E-state index is 14.2. The van der Waals surface area contributed by atoms with Gasteiger partial charge in [0.05, 0.1) is 15.5 Å². The minimum Gasteiger partial charge on any atom is -0.279 e. The maximum Gasteiger partial charge on any atom is 0.270 e. The molecule has 2 aromatic carbocycles. The molecule has 0 amide bonds. The second kappa shape index (κ2) is 7.34. The second-order valence-corrected chi connectivity index (χ2v) is 7.32. The van der Waals surface area contributed by atoms with Crippen LogP contribution in [-0.2, 0) is 14.8 Å². The molecule has 138 valence electrons. The van der Waals surface area contributed by atoms with Gasteiger partial charge in [-0.3, -0.25) is 19.2 Å². The third-order valence-corrected chi connectivity index (χ3v) is 5.61. The van der Waals surface area contributed by atoms with Crippen molar-refractivity contribution in [1.82, 2.24) is 0 Å². The normalized spacial score (nSPS) is 12.5. The highest BCUT2D eigenvalue weighted by Crippen LogP contribution is 2.31. The highest BCUT2D eigenvalue weighted by molar-refractivity contribution is 7.93. The SMILES string of the molecule is CC(C(=O)Cl)N(c1ccc(F)cc1F)S(=O)(=O)c1cccc([N+](=O)[O-])c1. The summed E-state index contributed by atoms with van der Waals surface area (Å²) >= 11 is 5.38. The Kier molecular flexibility index (Phi) is 5.57. The third kappa shape index (κ3) is 3.81. The Labute approximate surface area is 152 Å². The molecule has 1 unspecified atom stereocenters. The molecule has 0 N–H and O–H groups in total. The Morgan fingerprint density at radius 3 is 2.42 bits per heavy atom. The first-order chi connectivity index (χ1) is 12.1. The van der Waals surface area contributed by atoms with E-state index in [2.05, 4.69) is 0 Å². The van der Waals surface area contributed by atoms with E-state index in [1.54, 1.807) is 0 Å². The van der Waals surface area contributed by atoms with Gasteiger partial charge in [-0.15, -0.1) is 0 Å². The fourth-order valence-electron chi connectivity index (χ4n) is 2.17. The van der Waals surface area contributed by atoms with Crippen LogP contribution in [0.25, 0.3) is 0 Å². The van der Waals surface area contributed by atoms with Crippen LogP contribution < -0.4 is 4.31 Å². The summed E-state index contributed by atoms with van der Waals surface area (Å²) in [7, 11) is -4.63. The van der Waals surface area contributed by atoms with Crippen LogP contribution in [0, 0.1) is 21.7 Å². The molecule has 0 aromatic heterocycles. The highest BCUT2D eigenvalue weighted by atomic mass is 35.5. The molecule has 0 radical (unpaired) electrons. The Balaban J connectivity index is 2.70. The van der Waals surface area contributed by atoms with Gasteiger partial charge in [-0.1, -0.05) is 6.07 Å². The van der Waals surface area contributed by atoms with Crippen molar-refractivity contribution in [1.29, 1.82) is 0 Å². The minimum absolute atomic E-state index is 0.357. The number of hydrogen-bond donors (Lipinski definition) is 0. The zero-order valence-corrected chi connectivity index (χ0v) is 14.7. The van der Waals surface area contributed by atoms with E-state index in [0.717, 1.165) is 43.3 Å². The molecule has 0 aliphatic carbocycles. The summed E-state index contributed by atoms with van der Waals surface area (Å²) in [5, 5.41) is 9.75. The summed E-state index contributed by atoms with van der Waals surface area (Å²) in [4.78, 5) is 21.1. The van der Waals surface area contributed by atoms with Crippen molar-refractivity contribution in [3.63, 3.8) is 0 Å². The maximum absolute atomic E-state index is 14.2. The van der Waals surface area contributed by atoms with Gasteiger partial charge in [0.1, 0.15) is 17.7 Å². The van der Waals surface area contributed by atoms with Crippen molar-refractivity contribution < 1.29 is 26.9 Å². The van der Waals surface area contributed by atoms with E-state index >= 15 is 0 Å². The van der Waals surface area contributed by atoms with E-state index in [-0.39, 0.29) is 0 Å². The molecule has 0 heterocycles. The molecule has 26 heavy (non-hydrogen) atoms. The van der Waals surface area contributed by atoms with Crippen molar-refractivity contribution in [2.24, 2.45) is 0 Å². The van der Waals surface area contributed by atoms with Gasteiger partial charge >= 0.3 is 0 Å². The monoisotopic (exact) mass is 404 g/mol. The summed E-state index contributed by atoms with van der Waals surface area (Å²) in [5.74, 6) is -2.20. The van der Waals surface area contributed by atoms with Crippen LogP contribution in [0.1, 0.15) is 6.92 Å². The smallest absolute Gasteiger partial charge is 0.270 e. The molecule has 1 atom stereocenters. The van der Waals surface area contributed by atoms with E-state index in [0.29, 0.717) is 10.4 Å². The zero-order valence-electron chi connectivity index (χ0n) is 13.1. The first kappa shape index (κ1) is 19.7. The van der Waals surface area contributed by atoms with Crippen LogP contribution in [0.3, 0.4) is 0 Å². The van der Waals surface area contributed by atoms with Crippen LogP contribution in [0.2, 0.25) is 0 Å². The van der Waals surface area contributed by atoms with Crippen molar-refractivity contribution >= 4 is 38.2 Å². The fourth-order valence-corrected chi connectivity index (χ4v) is 3.99.